The number of hydrogen-bond donors (Lipinski definition) is 0. The van der Waals surface area contributed by atoms with Gasteiger partial charge in [-0.15, -0.1) is 0 Å². The van der Waals surface area contributed by atoms with Gasteiger partial charge < -0.3 is 18.6 Å². The number of aryl methyl sites for hydroxylation is 1. The van der Waals surface area contributed by atoms with Crippen LogP contribution in [0.1, 0.15) is 75.4 Å². The zero-order valence-electron chi connectivity index (χ0n) is 68.4. The Labute approximate surface area is 719 Å². The van der Waals surface area contributed by atoms with E-state index in [4.69, 9.17) is 38.7 Å². The van der Waals surface area contributed by atoms with Gasteiger partial charge in [-0.25, -0.2) is 29.9 Å². The number of rotatable bonds is 14. The Hall–Kier alpha value is -16.0. The van der Waals surface area contributed by atoms with E-state index in [0.29, 0.717) is 40.9 Å². The zero-order valence-corrected chi connectivity index (χ0v) is 68.4. The Bertz CT molecular complexity index is 7380. The third-order valence-corrected chi connectivity index (χ3v) is 24.7. The van der Waals surface area contributed by atoms with Crippen LogP contribution < -0.4 is 9.80 Å². The van der Waals surface area contributed by atoms with Crippen molar-refractivity contribution in [3.63, 3.8) is 0 Å². The highest BCUT2D eigenvalue weighted by Gasteiger charge is 2.50. The SMILES string of the molecule is CC(C)c1ccc(C2(c3cccc4c3oc3ccccc34)c3ccccc3N(c3ccc(-c4nc(-c5ccccc5)nc(-c5ccccc5)n4)cc3)c3ccccc32)cc1.Cc1cc(C2(c3cccc4c3oc3ccccc34)c3ccccc3N(c3ccc(-c4nc(-c5ccccc5)nc(-c5ccccc5)n4)cc3)c3ccccc32)ccc1-c1ccccc1. The smallest absolute Gasteiger partial charge is 0.164 e. The molecule has 0 aliphatic carbocycles. The summed E-state index contributed by atoms with van der Waals surface area (Å²) in [6.45, 7) is 6.73. The Kier molecular flexibility index (Phi) is 18.5. The van der Waals surface area contributed by atoms with E-state index in [1.54, 1.807) is 0 Å². The summed E-state index contributed by atoms with van der Waals surface area (Å²) in [6.07, 6.45) is 0. The molecule has 2 aliphatic rings. The van der Waals surface area contributed by atoms with Crippen molar-refractivity contribution >= 4 is 78.0 Å². The normalized spacial score (nSPS) is 13.0. The summed E-state index contributed by atoms with van der Waals surface area (Å²) in [5, 5.41) is 4.43. The van der Waals surface area contributed by atoms with E-state index < -0.39 is 10.8 Å². The molecular weight excluding hydrogens is 1510 g/mol. The fourth-order valence-corrected chi connectivity index (χ4v) is 19.0. The number of hydrogen-bond acceptors (Lipinski definition) is 10. The molecule has 0 unspecified atom stereocenters. The van der Waals surface area contributed by atoms with Crippen molar-refractivity contribution in [3.05, 3.63) is 480 Å². The molecule has 0 radical (unpaired) electrons. The van der Waals surface area contributed by atoms with Crippen LogP contribution in [0.3, 0.4) is 0 Å². The lowest BCUT2D eigenvalue weighted by Gasteiger charge is -2.46. The summed E-state index contributed by atoms with van der Waals surface area (Å²) in [5.74, 6) is 4.19. The molecule has 10 nitrogen and oxygen atoms in total. The van der Waals surface area contributed by atoms with Crippen molar-refractivity contribution in [3.8, 4) is 79.5 Å². The number of aromatic nitrogens is 6. The van der Waals surface area contributed by atoms with Crippen LogP contribution in [0.2, 0.25) is 0 Å². The molecular formula is C114H80N8O2. The van der Waals surface area contributed by atoms with E-state index in [-0.39, 0.29) is 0 Å². The van der Waals surface area contributed by atoms with Gasteiger partial charge in [0.1, 0.15) is 22.3 Å². The third-order valence-electron chi connectivity index (χ3n) is 24.7. The summed E-state index contributed by atoms with van der Waals surface area (Å²) in [5.41, 5.74) is 28.2. The first-order chi connectivity index (χ1) is 61.2. The summed E-state index contributed by atoms with van der Waals surface area (Å²) < 4.78 is 13.8. The van der Waals surface area contributed by atoms with Gasteiger partial charge in [0, 0.05) is 77.4 Å². The maximum absolute atomic E-state index is 6.95. The molecule has 6 heterocycles. The third kappa shape index (κ3) is 12.6. The fraction of sp³-hybridized carbons (Fsp3) is 0.0526. The maximum atomic E-state index is 6.95. The zero-order chi connectivity index (χ0) is 82.8. The first-order valence-corrected chi connectivity index (χ1v) is 42.2. The van der Waals surface area contributed by atoms with Crippen molar-refractivity contribution in [2.24, 2.45) is 0 Å². The molecule has 588 valence electrons. The predicted molar refractivity (Wildman–Crippen MR) is 504 cm³/mol. The topological polar surface area (TPSA) is 110 Å². The Morgan fingerprint density at radius 2 is 0.524 bits per heavy atom. The van der Waals surface area contributed by atoms with E-state index in [0.717, 1.165) is 134 Å². The maximum Gasteiger partial charge on any atom is 0.164 e. The Morgan fingerprint density at radius 3 is 0.871 bits per heavy atom. The minimum Gasteiger partial charge on any atom is -0.456 e. The van der Waals surface area contributed by atoms with Crippen LogP contribution in [0.15, 0.2) is 433 Å². The minimum absolute atomic E-state index is 0.408. The van der Waals surface area contributed by atoms with E-state index in [1.165, 1.54) is 44.5 Å². The van der Waals surface area contributed by atoms with Gasteiger partial charge in [-0.1, -0.05) is 354 Å². The van der Waals surface area contributed by atoms with Crippen molar-refractivity contribution in [1.82, 2.24) is 29.9 Å². The van der Waals surface area contributed by atoms with E-state index in [1.807, 2.05) is 133 Å². The van der Waals surface area contributed by atoms with Crippen molar-refractivity contribution in [2.45, 2.75) is 37.5 Å². The molecule has 10 heteroatoms. The number of anilines is 6. The molecule has 21 aromatic rings. The monoisotopic (exact) mass is 1590 g/mol. The molecule has 0 saturated carbocycles. The van der Waals surface area contributed by atoms with Crippen LogP contribution in [0.25, 0.3) is 123 Å². The van der Waals surface area contributed by atoms with Gasteiger partial charge in [0.05, 0.1) is 33.6 Å². The van der Waals surface area contributed by atoms with Crippen LogP contribution in [0.5, 0.6) is 0 Å². The van der Waals surface area contributed by atoms with Crippen molar-refractivity contribution in [2.75, 3.05) is 9.80 Å². The molecule has 4 aromatic heterocycles. The largest absolute Gasteiger partial charge is 0.456 e. The second-order valence-corrected chi connectivity index (χ2v) is 32.1. The molecule has 124 heavy (non-hydrogen) atoms. The average molecular weight is 1590 g/mol. The second-order valence-electron chi connectivity index (χ2n) is 32.1. The molecule has 0 N–H and O–H groups in total. The molecule has 2 aliphatic heterocycles. The standard InChI is InChI=1S/C59H40N4O.C55H40N4O/c1-39-38-44(34-37-46(39)40-18-5-2-6-19-40)59(51-28-17-25-48-47-24-11-16-31-54(47)64-55(48)51)49-26-12-14-29-52(49)63(53-30-15-13-27-50(53)59)45-35-32-43(33-36-45)58-61-56(41-20-7-3-8-21-41)60-57(62-58)42-22-9-4-10-23-42;1-36(2)37-28-32-41(33-29-37)55(47-24-15-21-44-43-20-9-14-27-50(43)60-51(44)47)45-22-10-12-25-48(45)59(49-26-13-11-23-46(49)55)42-34-30-40(31-35-42)54-57-52(38-16-5-3-6-17-38)56-53(58-54)39-18-7-4-8-19-39/h2-38H,1H3;3-36H,1-2H3. The van der Waals surface area contributed by atoms with E-state index in [9.17, 15) is 0 Å². The molecule has 0 spiro atoms. The van der Waals surface area contributed by atoms with Gasteiger partial charge in [-0.3, -0.25) is 0 Å². The Morgan fingerprint density at radius 1 is 0.242 bits per heavy atom. The number of benzene rings is 17. The van der Waals surface area contributed by atoms with Gasteiger partial charge in [-0.05, 0) is 153 Å². The number of nitrogens with zero attached hydrogens (tertiary/aromatic N) is 8. The first-order valence-electron chi connectivity index (χ1n) is 42.2. The molecule has 0 bridgehead atoms. The molecule has 0 amide bonds. The van der Waals surface area contributed by atoms with Gasteiger partial charge in [0.15, 0.2) is 34.9 Å². The molecule has 17 aromatic carbocycles. The Balaban J connectivity index is 0.000000148. The first kappa shape index (κ1) is 74.3. The highest BCUT2D eigenvalue weighted by Crippen LogP contribution is 2.62. The van der Waals surface area contributed by atoms with Crippen LogP contribution in [-0.2, 0) is 10.8 Å². The van der Waals surface area contributed by atoms with E-state index in [2.05, 4.69) is 322 Å². The minimum atomic E-state index is -0.760. The highest BCUT2D eigenvalue weighted by atomic mass is 16.3. The lowest BCUT2D eigenvalue weighted by atomic mass is 9.62. The average Bonchev–Trinajstić information content (AvgIpc) is 1.02. The predicted octanol–water partition coefficient (Wildman–Crippen LogP) is 29.0. The fourth-order valence-electron chi connectivity index (χ4n) is 19.0. The van der Waals surface area contributed by atoms with Crippen LogP contribution in [0, 0.1) is 6.92 Å². The second kappa shape index (κ2) is 31.0. The van der Waals surface area contributed by atoms with Gasteiger partial charge in [0.2, 0.25) is 0 Å². The molecule has 0 atom stereocenters. The van der Waals surface area contributed by atoms with Crippen molar-refractivity contribution < 1.29 is 8.83 Å². The lowest BCUT2D eigenvalue weighted by Crippen LogP contribution is -2.38. The lowest BCUT2D eigenvalue weighted by molar-refractivity contribution is 0.643. The van der Waals surface area contributed by atoms with E-state index >= 15 is 0 Å². The highest BCUT2D eigenvalue weighted by molar-refractivity contribution is 6.09. The molecule has 23 rings (SSSR count). The van der Waals surface area contributed by atoms with Crippen LogP contribution >= 0.6 is 0 Å². The van der Waals surface area contributed by atoms with Crippen LogP contribution in [0.4, 0.5) is 34.1 Å². The summed E-state index contributed by atoms with van der Waals surface area (Å²) >= 11 is 0. The quantitative estimate of drug-likeness (QED) is 0.104. The van der Waals surface area contributed by atoms with Gasteiger partial charge in [-0.2, -0.15) is 0 Å². The molecule has 0 saturated heterocycles. The summed E-state index contributed by atoms with van der Waals surface area (Å²) in [4.78, 5) is 34.7. The van der Waals surface area contributed by atoms with Crippen molar-refractivity contribution in [1.29, 1.82) is 0 Å². The van der Waals surface area contributed by atoms with Gasteiger partial charge in [0.25, 0.3) is 0 Å². The summed E-state index contributed by atoms with van der Waals surface area (Å²) in [6, 6.07) is 150. The summed E-state index contributed by atoms with van der Waals surface area (Å²) in [7, 11) is 0. The number of furan rings is 2. The van der Waals surface area contributed by atoms with Crippen LogP contribution in [-0.4, -0.2) is 29.9 Å². The van der Waals surface area contributed by atoms with Gasteiger partial charge >= 0.3 is 0 Å². The number of fused-ring (bicyclic) bond motifs is 10. The number of para-hydroxylation sites is 8. The molecule has 0 fully saturated rings.